The van der Waals surface area contributed by atoms with Gasteiger partial charge in [-0.25, -0.2) is 0 Å². The molecule has 6 heteroatoms. The van der Waals surface area contributed by atoms with Crippen molar-refractivity contribution in [3.8, 4) is 0 Å². The van der Waals surface area contributed by atoms with Crippen molar-refractivity contribution in [2.24, 2.45) is 17.6 Å². The first-order valence-electron chi connectivity index (χ1n) is 8.90. The Morgan fingerprint density at radius 2 is 1.96 bits per heavy atom. The second kappa shape index (κ2) is 8.70. The molecule has 2 rings (SSSR count). The van der Waals surface area contributed by atoms with Gasteiger partial charge in [0.25, 0.3) is 0 Å². The minimum Gasteiger partial charge on any atom is -0.388 e. The van der Waals surface area contributed by atoms with E-state index in [-0.39, 0.29) is 18.4 Å². The molecule has 0 aromatic carbocycles. The number of nitrogens with one attached hydrogen (secondary N) is 1. The van der Waals surface area contributed by atoms with Gasteiger partial charge in [0.15, 0.2) is 0 Å². The number of hydrogen-bond donors (Lipinski definition) is 4. The number of aliphatic hydroxyl groups is 2. The summed E-state index contributed by atoms with van der Waals surface area (Å²) in [5.41, 5.74) is 4.71. The number of amides is 1. The Kier molecular flexibility index (Phi) is 7.19. The Morgan fingerprint density at radius 1 is 1.30 bits per heavy atom. The zero-order valence-electron chi connectivity index (χ0n) is 14.2. The Hall–Kier alpha value is -0.300. The van der Waals surface area contributed by atoms with Crippen LogP contribution in [-0.4, -0.2) is 52.4 Å². The smallest absolute Gasteiger partial charge is 0.237 e. The summed E-state index contributed by atoms with van der Waals surface area (Å²) < 4.78 is 0. The molecule has 0 heterocycles. The van der Waals surface area contributed by atoms with E-state index in [1.807, 2.05) is 6.26 Å². The third-order valence-electron chi connectivity index (χ3n) is 5.35. The Balaban J connectivity index is 1.87. The molecule has 5 nitrogen and oxygen atoms in total. The minimum absolute atomic E-state index is 0.0840. The summed E-state index contributed by atoms with van der Waals surface area (Å²) in [6, 6.07) is -0.565. The molecule has 5 N–H and O–H groups in total. The van der Waals surface area contributed by atoms with Crippen LogP contribution in [0.2, 0.25) is 0 Å². The van der Waals surface area contributed by atoms with E-state index in [0.717, 1.165) is 25.7 Å². The van der Waals surface area contributed by atoms with E-state index in [1.165, 1.54) is 31.0 Å². The fourth-order valence-corrected chi connectivity index (χ4v) is 4.28. The number of nitrogens with two attached hydrogens (primary N) is 1. The van der Waals surface area contributed by atoms with Gasteiger partial charge < -0.3 is 21.3 Å². The quantitative estimate of drug-likeness (QED) is 0.505. The summed E-state index contributed by atoms with van der Waals surface area (Å²) in [6.45, 7) is 0.0840. The molecule has 1 amide bonds. The summed E-state index contributed by atoms with van der Waals surface area (Å²) in [5, 5.41) is 24.4. The van der Waals surface area contributed by atoms with Gasteiger partial charge >= 0.3 is 0 Å². The van der Waals surface area contributed by atoms with Gasteiger partial charge in [-0.05, 0) is 37.4 Å². The molecule has 2 aliphatic rings. The molecule has 23 heavy (non-hydrogen) atoms. The third kappa shape index (κ3) is 5.34. The van der Waals surface area contributed by atoms with Gasteiger partial charge in [-0.1, -0.05) is 32.1 Å². The highest BCUT2D eigenvalue weighted by molar-refractivity contribution is 7.98. The monoisotopic (exact) mass is 344 g/mol. The van der Waals surface area contributed by atoms with E-state index in [2.05, 4.69) is 5.32 Å². The van der Waals surface area contributed by atoms with Crippen molar-refractivity contribution >= 4 is 17.7 Å². The van der Waals surface area contributed by atoms with E-state index >= 15 is 0 Å². The van der Waals surface area contributed by atoms with Crippen LogP contribution in [0.25, 0.3) is 0 Å². The molecule has 2 fully saturated rings. The first-order chi connectivity index (χ1) is 11.0. The van der Waals surface area contributed by atoms with Gasteiger partial charge in [0, 0.05) is 12.3 Å². The molecule has 0 spiro atoms. The lowest BCUT2D eigenvalue weighted by Gasteiger charge is -2.37. The molecule has 3 atom stereocenters. The first-order valence-corrected chi connectivity index (χ1v) is 10.3. The predicted molar refractivity (Wildman–Crippen MR) is 94.2 cm³/mol. The second-order valence-corrected chi connectivity index (χ2v) is 8.21. The van der Waals surface area contributed by atoms with E-state index in [4.69, 9.17) is 5.73 Å². The van der Waals surface area contributed by atoms with Crippen LogP contribution < -0.4 is 11.1 Å². The minimum atomic E-state index is -1.06. The Morgan fingerprint density at radius 3 is 2.52 bits per heavy atom. The maximum absolute atomic E-state index is 11.9. The zero-order chi connectivity index (χ0) is 16.9. The summed E-state index contributed by atoms with van der Waals surface area (Å²) in [5.74, 6) is 0.973. The van der Waals surface area contributed by atoms with Crippen molar-refractivity contribution in [1.29, 1.82) is 0 Å². The molecular formula is C17H32N2O3S. The highest BCUT2D eigenvalue weighted by Crippen LogP contribution is 2.46. The van der Waals surface area contributed by atoms with Crippen molar-refractivity contribution in [1.82, 2.24) is 5.32 Å². The maximum atomic E-state index is 11.9. The van der Waals surface area contributed by atoms with Crippen molar-refractivity contribution in [3.63, 3.8) is 0 Å². The molecule has 0 aromatic rings. The zero-order valence-corrected chi connectivity index (χ0v) is 15.0. The number of thioether (sulfide) groups is 1. The first kappa shape index (κ1) is 19.0. The van der Waals surface area contributed by atoms with Crippen LogP contribution in [0.1, 0.15) is 51.4 Å². The summed E-state index contributed by atoms with van der Waals surface area (Å²) in [7, 11) is 0. The van der Waals surface area contributed by atoms with Gasteiger partial charge in [0.2, 0.25) is 5.91 Å². The lowest BCUT2D eigenvalue weighted by Crippen LogP contribution is -2.53. The van der Waals surface area contributed by atoms with Crippen molar-refractivity contribution < 1.29 is 15.0 Å². The number of aliphatic hydroxyl groups excluding tert-OH is 1. The van der Waals surface area contributed by atoms with Gasteiger partial charge in [-0.15, -0.1) is 0 Å². The van der Waals surface area contributed by atoms with Crippen molar-refractivity contribution in [3.05, 3.63) is 0 Å². The summed E-state index contributed by atoms with van der Waals surface area (Å²) in [4.78, 5) is 11.9. The average Bonchev–Trinajstić information content (AvgIpc) is 3.38. The molecule has 2 aliphatic carbocycles. The summed E-state index contributed by atoms with van der Waals surface area (Å²) in [6.07, 6.45) is 9.61. The van der Waals surface area contributed by atoms with E-state index in [1.54, 1.807) is 0 Å². The molecule has 134 valence electrons. The fraction of sp³-hybridized carbons (Fsp3) is 0.941. The van der Waals surface area contributed by atoms with Crippen molar-refractivity contribution in [2.45, 2.75) is 69.1 Å². The molecule has 0 aliphatic heterocycles. The van der Waals surface area contributed by atoms with Crippen LogP contribution in [-0.2, 0) is 4.79 Å². The number of carbonyl (C=O) groups excluding carboxylic acids is 1. The standard InChI is InChI=1S/C17H32N2O3S/c1-23-11-14(18)16(21)19-10-15(20)17(22,13-7-8-13)9-12-5-3-2-4-6-12/h12-15,20,22H,2-11,18H2,1H3,(H,19,21)/t14-,15+,17-/m0/s1. The average molecular weight is 345 g/mol. The van der Waals surface area contributed by atoms with Crippen LogP contribution >= 0.6 is 11.8 Å². The van der Waals surface area contributed by atoms with Crippen LogP contribution in [0.15, 0.2) is 0 Å². The van der Waals surface area contributed by atoms with Crippen LogP contribution in [0, 0.1) is 11.8 Å². The molecule has 0 saturated heterocycles. The second-order valence-electron chi connectivity index (χ2n) is 7.30. The largest absolute Gasteiger partial charge is 0.388 e. The molecule has 2 saturated carbocycles. The number of rotatable bonds is 9. The lowest BCUT2D eigenvalue weighted by molar-refractivity contribution is -0.126. The van der Waals surface area contributed by atoms with Gasteiger partial charge in [0.1, 0.15) is 6.10 Å². The van der Waals surface area contributed by atoms with Gasteiger partial charge in [-0.2, -0.15) is 11.8 Å². The van der Waals surface area contributed by atoms with E-state index in [9.17, 15) is 15.0 Å². The maximum Gasteiger partial charge on any atom is 0.237 e. The van der Waals surface area contributed by atoms with E-state index < -0.39 is 17.7 Å². The van der Waals surface area contributed by atoms with Gasteiger partial charge in [-0.3, -0.25) is 4.79 Å². The van der Waals surface area contributed by atoms with Gasteiger partial charge in [0.05, 0.1) is 11.6 Å². The Labute approximate surface area is 143 Å². The molecule has 0 bridgehead atoms. The summed E-state index contributed by atoms with van der Waals surface area (Å²) >= 11 is 1.52. The van der Waals surface area contributed by atoms with Crippen LogP contribution in [0.5, 0.6) is 0 Å². The lowest BCUT2D eigenvalue weighted by atomic mass is 9.76. The third-order valence-corrected chi connectivity index (χ3v) is 6.05. The predicted octanol–water partition coefficient (Wildman–Crippen LogP) is 1.27. The molecule has 0 radical (unpaired) electrons. The topological polar surface area (TPSA) is 95.6 Å². The molecule has 0 aromatic heterocycles. The number of carbonyl (C=O) groups is 1. The normalized spacial score (nSPS) is 24.7. The van der Waals surface area contributed by atoms with Crippen LogP contribution in [0.3, 0.4) is 0 Å². The SMILES string of the molecule is CSC[C@H](N)C(=O)NC[C@@H](O)[C@](O)(CC1CCCCC1)C1CC1. The molecule has 0 unspecified atom stereocenters. The van der Waals surface area contributed by atoms with Crippen LogP contribution in [0.4, 0.5) is 0 Å². The van der Waals surface area contributed by atoms with E-state index in [0.29, 0.717) is 18.1 Å². The fourth-order valence-electron chi connectivity index (χ4n) is 3.77. The highest BCUT2D eigenvalue weighted by Gasteiger charge is 2.49. The number of hydrogen-bond acceptors (Lipinski definition) is 5. The van der Waals surface area contributed by atoms with Crippen molar-refractivity contribution in [2.75, 3.05) is 18.6 Å². The highest BCUT2D eigenvalue weighted by atomic mass is 32.2. The molecular weight excluding hydrogens is 312 g/mol. The Bertz CT molecular complexity index is 386.